The van der Waals surface area contributed by atoms with Crippen LogP contribution in [0.5, 0.6) is 0 Å². The number of fused-ring (bicyclic) bond motifs is 1. The number of benzene rings is 2. The van der Waals surface area contributed by atoms with Gasteiger partial charge in [0, 0.05) is 12.1 Å². The van der Waals surface area contributed by atoms with E-state index in [1.165, 1.54) is 0 Å². The fraction of sp³-hybridized carbons (Fsp3) is 0.263. The predicted octanol–water partition coefficient (Wildman–Crippen LogP) is 2.79. The van der Waals surface area contributed by atoms with Crippen molar-refractivity contribution in [1.29, 1.82) is 0 Å². The molecule has 0 spiro atoms. The van der Waals surface area contributed by atoms with Gasteiger partial charge in [-0.25, -0.2) is 5.48 Å². The average Bonchev–Trinajstić information content (AvgIpc) is 2.61. The van der Waals surface area contributed by atoms with E-state index in [2.05, 4.69) is 10.2 Å². The zero-order valence-corrected chi connectivity index (χ0v) is 14.2. The molecule has 1 heterocycles. The van der Waals surface area contributed by atoms with Gasteiger partial charge >= 0.3 is 0 Å². The van der Waals surface area contributed by atoms with Crippen LogP contribution < -0.4 is 15.7 Å². The van der Waals surface area contributed by atoms with Crippen LogP contribution in [0.15, 0.2) is 48.5 Å². The normalized spacial score (nSPS) is 16.4. The topological polar surface area (TPSA) is 81.7 Å². The van der Waals surface area contributed by atoms with E-state index in [4.69, 9.17) is 5.21 Å². The van der Waals surface area contributed by atoms with Crippen molar-refractivity contribution in [1.82, 2.24) is 5.48 Å². The van der Waals surface area contributed by atoms with E-state index < -0.39 is 5.91 Å². The van der Waals surface area contributed by atoms with Crippen LogP contribution in [0.25, 0.3) is 0 Å². The molecule has 130 valence electrons. The zero-order valence-electron chi connectivity index (χ0n) is 14.2. The van der Waals surface area contributed by atoms with Crippen LogP contribution in [-0.2, 0) is 11.3 Å². The second-order valence-corrected chi connectivity index (χ2v) is 6.46. The first-order valence-corrected chi connectivity index (χ1v) is 8.21. The summed E-state index contributed by atoms with van der Waals surface area (Å²) in [6.45, 7) is 4.62. The molecule has 0 saturated heterocycles. The number of nitrogens with one attached hydrogen (secondary N) is 2. The molecule has 3 N–H and O–H groups in total. The Kier molecular flexibility index (Phi) is 4.72. The highest BCUT2D eigenvalue weighted by atomic mass is 16.5. The molecule has 6 heteroatoms. The molecule has 25 heavy (non-hydrogen) atoms. The molecule has 0 aliphatic carbocycles. The molecule has 2 aromatic carbocycles. The number of rotatable bonds is 4. The van der Waals surface area contributed by atoms with Crippen molar-refractivity contribution in [3.05, 3.63) is 59.7 Å². The number of hydrogen-bond donors (Lipinski definition) is 3. The molecule has 0 fully saturated rings. The monoisotopic (exact) mass is 339 g/mol. The third-order valence-corrected chi connectivity index (χ3v) is 4.36. The fourth-order valence-electron chi connectivity index (χ4n) is 3.22. The number of hydroxylamine groups is 1. The third kappa shape index (κ3) is 3.34. The summed E-state index contributed by atoms with van der Waals surface area (Å²) in [4.78, 5) is 26.3. The molecule has 2 aromatic rings. The first-order chi connectivity index (χ1) is 12.0. The number of anilines is 2. The summed E-state index contributed by atoms with van der Waals surface area (Å²) in [5.41, 5.74) is 4.42. The van der Waals surface area contributed by atoms with Crippen LogP contribution in [0.4, 0.5) is 11.4 Å². The van der Waals surface area contributed by atoms with Gasteiger partial charge in [0.05, 0.1) is 11.4 Å². The average molecular weight is 339 g/mol. The molecule has 1 atom stereocenters. The maximum atomic E-state index is 12.6. The molecule has 1 aliphatic heterocycles. The molecule has 0 aromatic heterocycles. The SMILES string of the molecule is CC(C)[C@H]1C(=O)Nc2cc(C(=O)NO)ccc2N1Cc1ccccc1. The highest BCUT2D eigenvalue weighted by Crippen LogP contribution is 2.36. The van der Waals surface area contributed by atoms with Crippen molar-refractivity contribution in [3.8, 4) is 0 Å². The van der Waals surface area contributed by atoms with E-state index in [0.29, 0.717) is 12.2 Å². The zero-order chi connectivity index (χ0) is 18.0. The Labute approximate surface area is 146 Å². The molecule has 3 rings (SSSR count). The van der Waals surface area contributed by atoms with Gasteiger partial charge in [0.25, 0.3) is 5.91 Å². The van der Waals surface area contributed by atoms with Gasteiger partial charge < -0.3 is 10.2 Å². The number of nitrogens with zero attached hydrogens (tertiary/aromatic N) is 1. The maximum absolute atomic E-state index is 12.6. The lowest BCUT2D eigenvalue weighted by Gasteiger charge is -2.40. The highest BCUT2D eigenvalue weighted by molar-refractivity contribution is 6.05. The van der Waals surface area contributed by atoms with Crippen molar-refractivity contribution in [2.45, 2.75) is 26.4 Å². The highest BCUT2D eigenvalue weighted by Gasteiger charge is 2.35. The maximum Gasteiger partial charge on any atom is 0.274 e. The van der Waals surface area contributed by atoms with Gasteiger partial charge in [-0.2, -0.15) is 0 Å². The second-order valence-electron chi connectivity index (χ2n) is 6.46. The first-order valence-electron chi connectivity index (χ1n) is 8.21. The lowest BCUT2D eigenvalue weighted by Crippen LogP contribution is -2.50. The Morgan fingerprint density at radius 2 is 1.96 bits per heavy atom. The van der Waals surface area contributed by atoms with Crippen LogP contribution in [0, 0.1) is 5.92 Å². The number of hydrogen-bond acceptors (Lipinski definition) is 4. The number of carbonyl (C=O) groups is 2. The van der Waals surface area contributed by atoms with E-state index >= 15 is 0 Å². The molecule has 2 amide bonds. The minimum atomic E-state index is -0.613. The van der Waals surface area contributed by atoms with Gasteiger partial charge in [-0.3, -0.25) is 14.8 Å². The van der Waals surface area contributed by atoms with Gasteiger partial charge in [0.2, 0.25) is 5.91 Å². The van der Waals surface area contributed by atoms with Crippen LogP contribution in [0.1, 0.15) is 29.8 Å². The summed E-state index contributed by atoms with van der Waals surface area (Å²) >= 11 is 0. The van der Waals surface area contributed by atoms with Crippen LogP contribution in [0.2, 0.25) is 0 Å². The molecular formula is C19H21N3O3. The van der Waals surface area contributed by atoms with Crippen LogP contribution in [-0.4, -0.2) is 23.1 Å². The van der Waals surface area contributed by atoms with Gasteiger partial charge in [-0.05, 0) is 29.7 Å². The molecule has 0 bridgehead atoms. The summed E-state index contributed by atoms with van der Waals surface area (Å²) in [6.07, 6.45) is 0. The van der Waals surface area contributed by atoms with E-state index in [1.54, 1.807) is 23.7 Å². The van der Waals surface area contributed by atoms with Crippen molar-refractivity contribution >= 4 is 23.2 Å². The van der Waals surface area contributed by atoms with E-state index in [9.17, 15) is 9.59 Å². The molecule has 6 nitrogen and oxygen atoms in total. The predicted molar refractivity (Wildman–Crippen MR) is 95.6 cm³/mol. The summed E-state index contributed by atoms with van der Waals surface area (Å²) in [5.74, 6) is -0.588. The van der Waals surface area contributed by atoms with Gasteiger partial charge in [0.1, 0.15) is 6.04 Å². The lowest BCUT2D eigenvalue weighted by atomic mass is 9.96. The molecular weight excluding hydrogens is 318 g/mol. The molecule has 0 unspecified atom stereocenters. The quantitative estimate of drug-likeness (QED) is 0.591. The van der Waals surface area contributed by atoms with Crippen LogP contribution in [0.3, 0.4) is 0 Å². The van der Waals surface area contributed by atoms with Gasteiger partial charge in [0.15, 0.2) is 0 Å². The second kappa shape index (κ2) is 6.94. The standard InChI is InChI=1S/C19H21N3O3/c1-12(2)17-19(24)20-15-10-14(18(23)21-25)8-9-16(15)22(17)11-13-6-4-3-5-7-13/h3-10,12,17,25H,11H2,1-2H3,(H,20,24)(H,21,23)/t17-/m0/s1. The first kappa shape index (κ1) is 17.0. The Morgan fingerprint density at radius 3 is 2.60 bits per heavy atom. The largest absolute Gasteiger partial charge is 0.353 e. The Hall–Kier alpha value is -2.86. The fourth-order valence-corrected chi connectivity index (χ4v) is 3.22. The minimum Gasteiger partial charge on any atom is -0.353 e. The Balaban J connectivity index is 2.03. The van der Waals surface area contributed by atoms with E-state index in [-0.39, 0.29) is 23.4 Å². The summed E-state index contributed by atoms with van der Waals surface area (Å²) in [7, 11) is 0. The Bertz CT molecular complexity index is 790. The third-order valence-electron chi connectivity index (χ3n) is 4.36. The summed E-state index contributed by atoms with van der Waals surface area (Å²) in [5, 5.41) is 11.7. The number of amides is 2. The Morgan fingerprint density at radius 1 is 1.24 bits per heavy atom. The lowest BCUT2D eigenvalue weighted by molar-refractivity contribution is -0.118. The molecule has 0 saturated carbocycles. The summed E-state index contributed by atoms with van der Waals surface area (Å²) < 4.78 is 0. The van der Waals surface area contributed by atoms with Gasteiger partial charge in [-0.1, -0.05) is 44.2 Å². The van der Waals surface area contributed by atoms with Crippen molar-refractivity contribution in [3.63, 3.8) is 0 Å². The van der Waals surface area contributed by atoms with Crippen molar-refractivity contribution < 1.29 is 14.8 Å². The van der Waals surface area contributed by atoms with E-state index in [0.717, 1.165) is 11.3 Å². The van der Waals surface area contributed by atoms with Crippen molar-refractivity contribution in [2.24, 2.45) is 5.92 Å². The molecule has 1 aliphatic rings. The smallest absolute Gasteiger partial charge is 0.274 e. The van der Waals surface area contributed by atoms with E-state index in [1.807, 2.05) is 44.2 Å². The van der Waals surface area contributed by atoms with Crippen molar-refractivity contribution in [2.75, 3.05) is 10.2 Å². The number of carbonyl (C=O) groups excluding carboxylic acids is 2. The van der Waals surface area contributed by atoms with Crippen LogP contribution >= 0.6 is 0 Å². The summed E-state index contributed by atoms with van der Waals surface area (Å²) in [6, 6.07) is 14.7. The van der Waals surface area contributed by atoms with Gasteiger partial charge in [-0.15, -0.1) is 0 Å². The molecule has 0 radical (unpaired) electrons. The minimum absolute atomic E-state index is 0.0972.